The zero-order valence-corrected chi connectivity index (χ0v) is 14.1. The van der Waals surface area contributed by atoms with Crippen molar-refractivity contribution < 1.29 is 0 Å². The minimum Gasteiger partial charge on any atom is -0.122 e. The van der Waals surface area contributed by atoms with Gasteiger partial charge in [0, 0.05) is 5.88 Å². The Balaban J connectivity index is 1.94. The van der Waals surface area contributed by atoms with Crippen LogP contribution in [-0.4, -0.2) is 0 Å². The second-order valence-electron chi connectivity index (χ2n) is 6.36. The minimum absolute atomic E-state index is 0.622. The topological polar surface area (TPSA) is 0 Å². The van der Waals surface area contributed by atoms with E-state index in [1.165, 1.54) is 68.9 Å². The summed E-state index contributed by atoms with van der Waals surface area (Å²) in [4.78, 5) is 0. The maximum atomic E-state index is 5.79. The molecule has 0 fully saturated rings. The van der Waals surface area contributed by atoms with Gasteiger partial charge in [-0.2, -0.15) is 0 Å². The summed E-state index contributed by atoms with van der Waals surface area (Å²) in [6.07, 6.45) is 12.4. The molecule has 114 valence electrons. The number of alkyl halides is 1. The third-order valence-corrected chi connectivity index (χ3v) is 4.23. The molecule has 0 nitrogen and oxygen atoms in total. The lowest BCUT2D eigenvalue weighted by atomic mass is 10.0. The molecule has 0 amide bonds. The predicted molar refractivity (Wildman–Crippen MR) is 91.5 cm³/mol. The number of halogens is 1. The van der Waals surface area contributed by atoms with Crippen LogP contribution in [0.2, 0.25) is 0 Å². The highest BCUT2D eigenvalue weighted by molar-refractivity contribution is 6.17. The van der Waals surface area contributed by atoms with E-state index in [2.05, 4.69) is 38.1 Å². The van der Waals surface area contributed by atoms with Crippen LogP contribution in [0.15, 0.2) is 24.3 Å². The fourth-order valence-electron chi connectivity index (χ4n) is 2.56. The van der Waals surface area contributed by atoms with Crippen molar-refractivity contribution in [3.05, 3.63) is 35.4 Å². The van der Waals surface area contributed by atoms with Crippen LogP contribution in [0.1, 0.15) is 76.3 Å². The summed E-state index contributed by atoms with van der Waals surface area (Å²) in [6, 6.07) is 8.75. The maximum Gasteiger partial charge on any atom is 0.0474 e. The summed E-state index contributed by atoms with van der Waals surface area (Å²) in [5.74, 6) is 1.50. The van der Waals surface area contributed by atoms with E-state index in [0.717, 1.165) is 5.92 Å². The smallest absolute Gasteiger partial charge is 0.0474 e. The van der Waals surface area contributed by atoms with Crippen LogP contribution in [0.4, 0.5) is 0 Å². The number of hydrogen-bond donors (Lipinski definition) is 0. The molecule has 0 saturated heterocycles. The molecule has 0 aliphatic heterocycles. The Hall–Kier alpha value is -0.490. The van der Waals surface area contributed by atoms with E-state index in [1.807, 2.05) is 0 Å². The number of hydrogen-bond acceptors (Lipinski definition) is 0. The highest BCUT2D eigenvalue weighted by Crippen LogP contribution is 2.14. The zero-order chi connectivity index (χ0) is 14.6. The summed E-state index contributed by atoms with van der Waals surface area (Å²) >= 11 is 5.79. The van der Waals surface area contributed by atoms with Gasteiger partial charge < -0.3 is 0 Å². The molecule has 0 bridgehead atoms. The van der Waals surface area contributed by atoms with E-state index in [4.69, 9.17) is 11.6 Å². The number of aryl methyl sites for hydroxylation is 1. The Morgan fingerprint density at radius 3 is 1.80 bits per heavy atom. The van der Waals surface area contributed by atoms with Gasteiger partial charge in [0.2, 0.25) is 0 Å². The molecular formula is C19H31Cl. The molecule has 1 rings (SSSR count). The Bertz CT molecular complexity index is 326. The Labute approximate surface area is 130 Å². The maximum absolute atomic E-state index is 5.79. The molecule has 0 aliphatic carbocycles. The second kappa shape index (κ2) is 11.2. The molecule has 1 aromatic carbocycles. The van der Waals surface area contributed by atoms with Crippen molar-refractivity contribution in [3.63, 3.8) is 0 Å². The quantitative estimate of drug-likeness (QED) is 0.313. The molecule has 1 aromatic rings. The van der Waals surface area contributed by atoms with Crippen molar-refractivity contribution in [3.8, 4) is 0 Å². The van der Waals surface area contributed by atoms with Gasteiger partial charge in [0.15, 0.2) is 0 Å². The third-order valence-electron chi connectivity index (χ3n) is 3.92. The molecule has 0 atom stereocenters. The fourth-order valence-corrected chi connectivity index (χ4v) is 2.74. The van der Waals surface area contributed by atoms with Crippen molar-refractivity contribution in [1.82, 2.24) is 0 Å². The first kappa shape index (κ1) is 17.6. The van der Waals surface area contributed by atoms with E-state index in [9.17, 15) is 0 Å². The van der Waals surface area contributed by atoms with Crippen LogP contribution in [0.3, 0.4) is 0 Å². The molecule has 0 spiro atoms. The fraction of sp³-hybridized carbons (Fsp3) is 0.684. The first-order chi connectivity index (χ1) is 9.72. The van der Waals surface area contributed by atoms with Crippen LogP contribution in [-0.2, 0) is 12.3 Å². The SMILES string of the molecule is CC(C)CCCCCCCCCc1ccc(CCl)cc1. The van der Waals surface area contributed by atoms with Crippen molar-refractivity contribution in [2.75, 3.05) is 0 Å². The Kier molecular flexibility index (Phi) is 9.83. The van der Waals surface area contributed by atoms with Crippen molar-refractivity contribution in [2.45, 2.75) is 77.5 Å². The van der Waals surface area contributed by atoms with Crippen LogP contribution >= 0.6 is 11.6 Å². The highest BCUT2D eigenvalue weighted by atomic mass is 35.5. The molecule has 1 heteroatoms. The van der Waals surface area contributed by atoms with Crippen molar-refractivity contribution >= 4 is 11.6 Å². The predicted octanol–water partition coefficient (Wildman–Crippen LogP) is 6.74. The first-order valence-electron chi connectivity index (χ1n) is 8.36. The van der Waals surface area contributed by atoms with E-state index < -0.39 is 0 Å². The van der Waals surface area contributed by atoms with Gasteiger partial charge in [-0.05, 0) is 29.9 Å². The molecule has 20 heavy (non-hydrogen) atoms. The van der Waals surface area contributed by atoms with Gasteiger partial charge in [-0.3, -0.25) is 0 Å². The van der Waals surface area contributed by atoms with E-state index in [0.29, 0.717) is 5.88 Å². The lowest BCUT2D eigenvalue weighted by molar-refractivity contribution is 0.509. The lowest BCUT2D eigenvalue weighted by Crippen LogP contribution is -1.88. The van der Waals surface area contributed by atoms with Crippen molar-refractivity contribution in [1.29, 1.82) is 0 Å². The summed E-state index contributed by atoms with van der Waals surface area (Å²) in [5.41, 5.74) is 2.67. The summed E-state index contributed by atoms with van der Waals surface area (Å²) in [6.45, 7) is 4.64. The molecule has 0 unspecified atom stereocenters. The van der Waals surface area contributed by atoms with Gasteiger partial charge in [0.05, 0.1) is 0 Å². The Morgan fingerprint density at radius 2 is 1.25 bits per heavy atom. The van der Waals surface area contributed by atoms with Gasteiger partial charge in [0.1, 0.15) is 0 Å². The minimum atomic E-state index is 0.622. The molecule has 0 aliphatic rings. The van der Waals surface area contributed by atoms with Crippen LogP contribution < -0.4 is 0 Å². The zero-order valence-electron chi connectivity index (χ0n) is 13.3. The average molecular weight is 295 g/mol. The normalized spacial score (nSPS) is 11.2. The molecule has 0 radical (unpaired) electrons. The van der Waals surface area contributed by atoms with Crippen molar-refractivity contribution in [2.24, 2.45) is 5.92 Å². The van der Waals surface area contributed by atoms with Gasteiger partial charge >= 0.3 is 0 Å². The third kappa shape index (κ3) is 8.64. The lowest BCUT2D eigenvalue weighted by Gasteiger charge is -2.05. The van der Waals surface area contributed by atoms with Crippen LogP contribution in [0.25, 0.3) is 0 Å². The van der Waals surface area contributed by atoms with Gasteiger partial charge in [0.25, 0.3) is 0 Å². The monoisotopic (exact) mass is 294 g/mol. The molecule has 0 saturated carbocycles. The van der Waals surface area contributed by atoms with E-state index in [-0.39, 0.29) is 0 Å². The average Bonchev–Trinajstić information content (AvgIpc) is 2.46. The van der Waals surface area contributed by atoms with Gasteiger partial charge in [-0.15, -0.1) is 11.6 Å². The number of benzene rings is 1. The van der Waals surface area contributed by atoms with E-state index in [1.54, 1.807) is 0 Å². The Morgan fingerprint density at radius 1 is 0.750 bits per heavy atom. The second-order valence-corrected chi connectivity index (χ2v) is 6.62. The summed E-state index contributed by atoms with van der Waals surface area (Å²) in [7, 11) is 0. The summed E-state index contributed by atoms with van der Waals surface area (Å²) in [5, 5.41) is 0. The highest BCUT2D eigenvalue weighted by Gasteiger charge is 1.97. The van der Waals surface area contributed by atoms with Gasteiger partial charge in [-0.25, -0.2) is 0 Å². The van der Waals surface area contributed by atoms with E-state index >= 15 is 0 Å². The first-order valence-corrected chi connectivity index (χ1v) is 8.89. The number of unbranched alkanes of at least 4 members (excludes halogenated alkanes) is 6. The van der Waals surface area contributed by atoms with Gasteiger partial charge in [-0.1, -0.05) is 83.1 Å². The standard InChI is InChI=1S/C19H31Cl/c1-17(2)10-8-6-4-3-5-7-9-11-18-12-14-19(16-20)15-13-18/h12-15,17H,3-11,16H2,1-2H3. The number of rotatable bonds is 11. The molecule has 0 aromatic heterocycles. The van der Waals surface area contributed by atoms with Crippen LogP contribution in [0, 0.1) is 5.92 Å². The molecule has 0 heterocycles. The summed E-state index contributed by atoms with van der Waals surface area (Å²) < 4.78 is 0. The molecular weight excluding hydrogens is 264 g/mol. The molecule has 0 N–H and O–H groups in total. The van der Waals surface area contributed by atoms with Crippen LogP contribution in [0.5, 0.6) is 0 Å². The largest absolute Gasteiger partial charge is 0.122 e.